The highest BCUT2D eigenvalue weighted by Gasteiger charge is 2.04. The summed E-state index contributed by atoms with van der Waals surface area (Å²) < 4.78 is 1.18. The van der Waals surface area contributed by atoms with Crippen molar-refractivity contribution in [2.45, 2.75) is 26.7 Å². The summed E-state index contributed by atoms with van der Waals surface area (Å²) in [7, 11) is 0. The van der Waals surface area contributed by atoms with Crippen molar-refractivity contribution in [2.24, 2.45) is 0 Å². The first-order valence-electron chi connectivity index (χ1n) is 4.70. The predicted molar refractivity (Wildman–Crippen MR) is 67.4 cm³/mol. The molecule has 1 amide bonds. The zero-order valence-electron chi connectivity index (χ0n) is 8.43. The minimum atomic E-state index is 0.0950. The van der Waals surface area contributed by atoms with Crippen molar-refractivity contribution in [1.29, 1.82) is 0 Å². The van der Waals surface area contributed by atoms with Gasteiger partial charge in [-0.15, -0.1) is 0 Å². The molecule has 0 radical (unpaired) electrons. The maximum absolute atomic E-state index is 11.4. The van der Waals surface area contributed by atoms with Crippen LogP contribution in [-0.2, 0) is 4.79 Å². The van der Waals surface area contributed by atoms with Gasteiger partial charge in [-0.25, -0.2) is 0 Å². The van der Waals surface area contributed by atoms with Crippen molar-refractivity contribution in [2.75, 3.05) is 5.32 Å². The highest BCUT2D eigenvalue weighted by Crippen LogP contribution is 2.20. The van der Waals surface area contributed by atoms with Crippen molar-refractivity contribution < 1.29 is 4.79 Å². The molecule has 0 aliphatic rings. The van der Waals surface area contributed by atoms with Gasteiger partial charge in [0, 0.05) is 15.7 Å². The van der Waals surface area contributed by atoms with Crippen molar-refractivity contribution in [3.05, 3.63) is 27.3 Å². The molecular formula is C11H14INO. The average molecular weight is 303 g/mol. The summed E-state index contributed by atoms with van der Waals surface area (Å²) in [4.78, 5) is 11.4. The molecule has 76 valence electrons. The summed E-state index contributed by atoms with van der Waals surface area (Å²) in [6, 6.07) is 5.92. The molecule has 1 N–H and O–H groups in total. The molecule has 3 heteroatoms. The molecule has 2 nitrogen and oxygen atoms in total. The van der Waals surface area contributed by atoms with E-state index in [1.165, 1.54) is 3.57 Å². The first-order valence-corrected chi connectivity index (χ1v) is 5.78. The van der Waals surface area contributed by atoms with Gasteiger partial charge in [0.05, 0.1) is 0 Å². The second kappa shape index (κ2) is 5.34. The monoisotopic (exact) mass is 303 g/mol. The first-order chi connectivity index (χ1) is 6.65. The number of rotatable bonds is 3. The molecule has 14 heavy (non-hydrogen) atoms. The maximum atomic E-state index is 11.4. The van der Waals surface area contributed by atoms with Crippen molar-refractivity contribution in [3.63, 3.8) is 0 Å². The van der Waals surface area contributed by atoms with Crippen LogP contribution in [0.5, 0.6) is 0 Å². The van der Waals surface area contributed by atoms with E-state index in [1.807, 2.05) is 32.0 Å². The van der Waals surface area contributed by atoms with E-state index < -0.39 is 0 Å². The topological polar surface area (TPSA) is 29.1 Å². The average Bonchev–Trinajstić information content (AvgIpc) is 2.13. The van der Waals surface area contributed by atoms with Crippen LogP contribution in [0.2, 0.25) is 0 Å². The van der Waals surface area contributed by atoms with Crippen molar-refractivity contribution >= 4 is 34.2 Å². The van der Waals surface area contributed by atoms with Crippen LogP contribution in [0.1, 0.15) is 25.3 Å². The number of carbonyl (C=O) groups is 1. The van der Waals surface area contributed by atoms with Gasteiger partial charge < -0.3 is 5.32 Å². The van der Waals surface area contributed by atoms with Gasteiger partial charge in [-0.2, -0.15) is 0 Å². The maximum Gasteiger partial charge on any atom is 0.224 e. The third kappa shape index (κ3) is 2.97. The molecule has 1 aromatic carbocycles. The van der Waals surface area contributed by atoms with Crippen LogP contribution in [-0.4, -0.2) is 5.91 Å². The lowest BCUT2D eigenvalue weighted by molar-refractivity contribution is -0.116. The standard InChI is InChI=1S/C11H14INO/c1-3-5-11(14)13-10-7-4-6-9(12)8(10)2/h4,6-7H,3,5H2,1-2H3,(H,13,14). The smallest absolute Gasteiger partial charge is 0.224 e. The summed E-state index contributed by atoms with van der Waals surface area (Å²) >= 11 is 2.27. The molecule has 0 saturated carbocycles. The van der Waals surface area contributed by atoms with Gasteiger partial charge >= 0.3 is 0 Å². The van der Waals surface area contributed by atoms with E-state index >= 15 is 0 Å². The number of benzene rings is 1. The minimum absolute atomic E-state index is 0.0950. The Balaban J connectivity index is 2.76. The lowest BCUT2D eigenvalue weighted by Gasteiger charge is -2.08. The van der Waals surface area contributed by atoms with Gasteiger partial charge in [0.25, 0.3) is 0 Å². The Morgan fingerprint density at radius 1 is 1.50 bits per heavy atom. The summed E-state index contributed by atoms with van der Waals surface area (Å²) in [6.07, 6.45) is 1.47. The molecule has 0 heterocycles. The van der Waals surface area contributed by atoms with Crippen LogP contribution in [0.3, 0.4) is 0 Å². The number of halogens is 1. The van der Waals surface area contributed by atoms with Gasteiger partial charge in [0.1, 0.15) is 0 Å². The molecule has 0 unspecified atom stereocenters. The van der Waals surface area contributed by atoms with E-state index in [1.54, 1.807) is 0 Å². The molecule has 0 saturated heterocycles. The lowest BCUT2D eigenvalue weighted by atomic mass is 10.2. The normalized spacial score (nSPS) is 9.93. The molecule has 0 aliphatic carbocycles. The largest absolute Gasteiger partial charge is 0.326 e. The fraction of sp³-hybridized carbons (Fsp3) is 0.364. The molecule has 1 aromatic rings. The van der Waals surface area contributed by atoms with Crippen molar-refractivity contribution in [3.8, 4) is 0 Å². The third-order valence-corrected chi connectivity index (χ3v) is 3.19. The number of hydrogen-bond acceptors (Lipinski definition) is 1. The highest BCUT2D eigenvalue weighted by molar-refractivity contribution is 14.1. The Hall–Kier alpha value is -0.580. The van der Waals surface area contributed by atoms with E-state index in [0.717, 1.165) is 17.7 Å². The van der Waals surface area contributed by atoms with Gasteiger partial charge in [0.2, 0.25) is 5.91 Å². The molecule has 1 rings (SSSR count). The third-order valence-electron chi connectivity index (χ3n) is 2.02. The second-order valence-corrected chi connectivity index (χ2v) is 4.37. The van der Waals surface area contributed by atoms with Crippen LogP contribution in [0, 0.1) is 10.5 Å². The van der Waals surface area contributed by atoms with Crippen LogP contribution >= 0.6 is 22.6 Å². The summed E-state index contributed by atoms with van der Waals surface area (Å²) in [5, 5.41) is 2.91. The Bertz CT molecular complexity index is 336. The molecule has 0 aliphatic heterocycles. The quantitative estimate of drug-likeness (QED) is 0.853. The van der Waals surface area contributed by atoms with Crippen LogP contribution < -0.4 is 5.32 Å². The van der Waals surface area contributed by atoms with E-state index in [0.29, 0.717) is 6.42 Å². The molecule has 0 aromatic heterocycles. The molecule has 0 spiro atoms. The fourth-order valence-electron chi connectivity index (χ4n) is 1.18. The zero-order valence-corrected chi connectivity index (χ0v) is 10.6. The van der Waals surface area contributed by atoms with Crippen LogP contribution in [0.15, 0.2) is 18.2 Å². The summed E-state index contributed by atoms with van der Waals surface area (Å²) in [6.45, 7) is 4.02. The second-order valence-electron chi connectivity index (χ2n) is 3.21. The highest BCUT2D eigenvalue weighted by atomic mass is 127. The number of hydrogen-bond donors (Lipinski definition) is 1. The molecular weight excluding hydrogens is 289 g/mol. The first kappa shape index (κ1) is 11.5. The van der Waals surface area contributed by atoms with Gasteiger partial charge in [0.15, 0.2) is 0 Å². The van der Waals surface area contributed by atoms with Crippen LogP contribution in [0.25, 0.3) is 0 Å². The Kier molecular flexibility index (Phi) is 4.38. The lowest BCUT2D eigenvalue weighted by Crippen LogP contribution is -2.11. The van der Waals surface area contributed by atoms with E-state index in [-0.39, 0.29) is 5.91 Å². The summed E-state index contributed by atoms with van der Waals surface area (Å²) in [5.74, 6) is 0.0950. The SMILES string of the molecule is CCCC(=O)Nc1cccc(I)c1C. The predicted octanol–water partition coefficient (Wildman–Crippen LogP) is 3.34. The van der Waals surface area contributed by atoms with Crippen molar-refractivity contribution in [1.82, 2.24) is 0 Å². The van der Waals surface area contributed by atoms with E-state index in [9.17, 15) is 4.79 Å². The zero-order chi connectivity index (χ0) is 10.6. The number of anilines is 1. The van der Waals surface area contributed by atoms with Gasteiger partial charge in [-0.3, -0.25) is 4.79 Å². The van der Waals surface area contributed by atoms with Gasteiger partial charge in [-0.1, -0.05) is 13.0 Å². The molecule has 0 atom stereocenters. The number of amides is 1. The molecule has 0 fully saturated rings. The number of nitrogens with one attached hydrogen (secondary N) is 1. The van der Waals surface area contributed by atoms with E-state index in [2.05, 4.69) is 27.9 Å². The Morgan fingerprint density at radius 3 is 2.86 bits per heavy atom. The minimum Gasteiger partial charge on any atom is -0.326 e. The Labute approximate surface area is 98.2 Å². The summed E-state index contributed by atoms with van der Waals surface area (Å²) in [5.41, 5.74) is 2.06. The fourth-order valence-corrected chi connectivity index (χ4v) is 1.68. The van der Waals surface area contributed by atoms with E-state index in [4.69, 9.17) is 0 Å². The van der Waals surface area contributed by atoms with Gasteiger partial charge in [-0.05, 0) is 53.6 Å². The number of carbonyl (C=O) groups excluding carboxylic acids is 1. The molecule has 0 bridgehead atoms. The van der Waals surface area contributed by atoms with Crippen LogP contribution in [0.4, 0.5) is 5.69 Å². The Morgan fingerprint density at radius 2 is 2.21 bits per heavy atom.